The van der Waals surface area contributed by atoms with Crippen LogP contribution in [0.25, 0.3) is 0 Å². The Kier molecular flexibility index (Phi) is 5.93. The molecule has 0 aromatic carbocycles. The van der Waals surface area contributed by atoms with Gasteiger partial charge in [0.2, 0.25) is 0 Å². The Bertz CT molecular complexity index is 50.3. The molecule has 1 aliphatic rings. The van der Waals surface area contributed by atoms with E-state index in [2.05, 4.69) is 0 Å². The maximum atomic E-state index is 7.00. The molecule has 3 heteroatoms. The van der Waals surface area contributed by atoms with Crippen LogP contribution in [-0.4, -0.2) is 38.6 Å². The normalized spacial score (nSPS) is 25.0. The largest absolute Gasteiger partial charge is 0.400 e. The van der Waals surface area contributed by atoms with Crippen molar-refractivity contribution in [2.24, 2.45) is 0 Å². The second kappa shape index (κ2) is 6.01. The Labute approximate surface area is 55.6 Å². The van der Waals surface area contributed by atoms with Gasteiger partial charge in [0.15, 0.2) is 0 Å². The summed E-state index contributed by atoms with van der Waals surface area (Å²) < 4.78 is 10.0. The summed E-state index contributed by atoms with van der Waals surface area (Å²) in [4.78, 5) is 0. The van der Waals surface area contributed by atoms with E-state index < -0.39 is 0 Å². The van der Waals surface area contributed by atoms with Crippen LogP contribution in [0.4, 0.5) is 0 Å². The van der Waals surface area contributed by atoms with Gasteiger partial charge in [0, 0.05) is 20.8 Å². The molecule has 1 aliphatic heterocycles. The average molecular weight is 134 g/mol. The second-order valence-electron chi connectivity index (χ2n) is 1.72. The molecular weight excluding hydrogens is 120 g/mol. The molecule has 1 heterocycles. The first-order valence-electron chi connectivity index (χ1n) is 2.99. The molecule has 3 nitrogen and oxygen atoms in total. The molecule has 1 atom stereocenters. The lowest BCUT2D eigenvalue weighted by atomic mass is 10.3. The molecule has 1 unspecified atom stereocenters. The first-order chi connectivity index (χ1) is 4.43. The molecule has 1 saturated heterocycles. The Hall–Kier alpha value is -0.120. The van der Waals surface area contributed by atoms with Crippen molar-refractivity contribution in [2.75, 3.05) is 27.4 Å². The van der Waals surface area contributed by atoms with E-state index in [1.807, 2.05) is 0 Å². The molecule has 0 saturated carbocycles. The van der Waals surface area contributed by atoms with Gasteiger partial charge in [-0.2, -0.15) is 0 Å². The van der Waals surface area contributed by atoms with Gasteiger partial charge in [-0.3, -0.25) is 0 Å². The lowest BCUT2D eigenvalue weighted by Gasteiger charge is -2.00. The fourth-order valence-corrected chi connectivity index (χ4v) is 0.699. The van der Waals surface area contributed by atoms with Gasteiger partial charge in [-0.05, 0) is 6.42 Å². The Morgan fingerprint density at radius 1 is 1.56 bits per heavy atom. The van der Waals surface area contributed by atoms with E-state index in [4.69, 9.17) is 14.6 Å². The lowest BCUT2D eigenvalue weighted by Crippen LogP contribution is -2.07. The molecular formula is C6H14O3. The van der Waals surface area contributed by atoms with E-state index in [9.17, 15) is 0 Å². The minimum absolute atomic E-state index is 0.375. The molecule has 56 valence electrons. The van der Waals surface area contributed by atoms with Gasteiger partial charge in [0.25, 0.3) is 0 Å². The zero-order valence-electron chi connectivity index (χ0n) is 5.96. The van der Waals surface area contributed by atoms with Gasteiger partial charge in [0.05, 0.1) is 12.7 Å². The standard InChI is InChI=1S/C5H10O2.CH4O/c1-6-5-2-3-7-4-5;1-2/h5H,2-4H2,1H3;2H,1H3. The summed E-state index contributed by atoms with van der Waals surface area (Å²) in [7, 11) is 2.72. The van der Waals surface area contributed by atoms with E-state index in [0.717, 1.165) is 26.7 Å². The van der Waals surface area contributed by atoms with Gasteiger partial charge in [0.1, 0.15) is 0 Å². The van der Waals surface area contributed by atoms with Crippen molar-refractivity contribution in [2.45, 2.75) is 12.5 Å². The maximum absolute atomic E-state index is 7.00. The van der Waals surface area contributed by atoms with Gasteiger partial charge < -0.3 is 14.6 Å². The SMILES string of the molecule is CO.COC1CCOC1. The molecule has 0 aliphatic carbocycles. The van der Waals surface area contributed by atoms with Crippen molar-refractivity contribution in [3.63, 3.8) is 0 Å². The Morgan fingerprint density at radius 3 is 2.44 bits per heavy atom. The highest BCUT2D eigenvalue weighted by atomic mass is 16.5. The summed E-state index contributed by atoms with van der Waals surface area (Å²) in [5.74, 6) is 0. The van der Waals surface area contributed by atoms with Crippen LogP contribution in [-0.2, 0) is 9.47 Å². The highest BCUT2D eigenvalue weighted by Crippen LogP contribution is 2.05. The van der Waals surface area contributed by atoms with Crippen molar-refractivity contribution in [1.82, 2.24) is 0 Å². The first kappa shape index (κ1) is 8.88. The number of hydrogen-bond acceptors (Lipinski definition) is 3. The molecule has 9 heavy (non-hydrogen) atoms. The van der Waals surface area contributed by atoms with E-state index >= 15 is 0 Å². The first-order valence-corrected chi connectivity index (χ1v) is 2.99. The van der Waals surface area contributed by atoms with Crippen molar-refractivity contribution < 1.29 is 14.6 Å². The van der Waals surface area contributed by atoms with Crippen molar-refractivity contribution in [1.29, 1.82) is 0 Å². The highest BCUT2D eigenvalue weighted by Gasteiger charge is 2.12. The topological polar surface area (TPSA) is 38.7 Å². The monoisotopic (exact) mass is 134 g/mol. The van der Waals surface area contributed by atoms with E-state index in [1.54, 1.807) is 7.11 Å². The van der Waals surface area contributed by atoms with Crippen LogP contribution >= 0.6 is 0 Å². The Balaban J connectivity index is 0.000000291. The molecule has 0 amide bonds. The van der Waals surface area contributed by atoms with Crippen LogP contribution in [0.15, 0.2) is 0 Å². The summed E-state index contributed by atoms with van der Waals surface area (Å²) in [5, 5.41) is 7.00. The van der Waals surface area contributed by atoms with Crippen LogP contribution in [0, 0.1) is 0 Å². The molecule has 0 bridgehead atoms. The molecule has 0 aromatic rings. The number of methoxy groups -OCH3 is 1. The number of rotatable bonds is 1. The van der Waals surface area contributed by atoms with Gasteiger partial charge in [-0.15, -0.1) is 0 Å². The second-order valence-corrected chi connectivity index (χ2v) is 1.72. The van der Waals surface area contributed by atoms with E-state index in [-0.39, 0.29) is 0 Å². The number of hydrogen-bond donors (Lipinski definition) is 1. The van der Waals surface area contributed by atoms with Crippen LogP contribution in [0.2, 0.25) is 0 Å². The van der Waals surface area contributed by atoms with Crippen LogP contribution in [0.5, 0.6) is 0 Å². The molecule has 1 rings (SSSR count). The summed E-state index contributed by atoms with van der Waals surface area (Å²) in [5.41, 5.74) is 0. The average Bonchev–Trinajstić information content (AvgIpc) is 2.43. The van der Waals surface area contributed by atoms with Crippen molar-refractivity contribution in [3.8, 4) is 0 Å². The summed E-state index contributed by atoms with van der Waals surface area (Å²) in [6.45, 7) is 1.66. The number of aliphatic hydroxyl groups is 1. The van der Waals surface area contributed by atoms with Crippen LogP contribution < -0.4 is 0 Å². The third kappa shape index (κ3) is 3.46. The summed E-state index contributed by atoms with van der Waals surface area (Å²) >= 11 is 0. The maximum Gasteiger partial charge on any atom is 0.0826 e. The fourth-order valence-electron chi connectivity index (χ4n) is 0.699. The Morgan fingerprint density at radius 2 is 2.22 bits per heavy atom. The lowest BCUT2D eigenvalue weighted by molar-refractivity contribution is 0.0822. The fraction of sp³-hybridized carbons (Fsp3) is 1.00. The summed E-state index contributed by atoms with van der Waals surface area (Å²) in [6.07, 6.45) is 1.44. The third-order valence-corrected chi connectivity index (χ3v) is 1.22. The van der Waals surface area contributed by atoms with Crippen LogP contribution in [0.1, 0.15) is 6.42 Å². The molecule has 1 fully saturated rings. The smallest absolute Gasteiger partial charge is 0.0826 e. The summed E-state index contributed by atoms with van der Waals surface area (Å²) in [6, 6.07) is 0. The number of aliphatic hydroxyl groups excluding tert-OH is 1. The van der Waals surface area contributed by atoms with Crippen molar-refractivity contribution >= 4 is 0 Å². The van der Waals surface area contributed by atoms with E-state index in [1.165, 1.54) is 0 Å². The van der Waals surface area contributed by atoms with E-state index in [0.29, 0.717) is 6.10 Å². The molecule has 1 N–H and O–H groups in total. The van der Waals surface area contributed by atoms with Crippen LogP contribution in [0.3, 0.4) is 0 Å². The quantitative estimate of drug-likeness (QED) is 0.550. The van der Waals surface area contributed by atoms with Crippen molar-refractivity contribution in [3.05, 3.63) is 0 Å². The highest BCUT2D eigenvalue weighted by molar-refractivity contribution is 4.60. The minimum Gasteiger partial charge on any atom is -0.400 e. The molecule has 0 radical (unpaired) electrons. The molecule has 0 spiro atoms. The van der Waals surface area contributed by atoms with Gasteiger partial charge in [-0.1, -0.05) is 0 Å². The zero-order chi connectivity index (χ0) is 7.11. The number of ether oxygens (including phenoxy) is 2. The predicted molar refractivity (Wildman–Crippen MR) is 34.4 cm³/mol. The predicted octanol–water partition coefficient (Wildman–Crippen LogP) is 0.0302. The van der Waals surface area contributed by atoms with Gasteiger partial charge in [-0.25, -0.2) is 0 Å². The molecule has 0 aromatic heterocycles. The minimum atomic E-state index is 0.375. The third-order valence-electron chi connectivity index (χ3n) is 1.22. The zero-order valence-corrected chi connectivity index (χ0v) is 5.96. The van der Waals surface area contributed by atoms with Gasteiger partial charge >= 0.3 is 0 Å².